The number of nitrogens with two attached hydrogens (primary N) is 1. The van der Waals surface area contributed by atoms with Crippen LogP contribution in [0.5, 0.6) is 5.75 Å². The van der Waals surface area contributed by atoms with Crippen molar-refractivity contribution in [3.63, 3.8) is 0 Å². The Morgan fingerprint density at radius 1 is 1.27 bits per heavy atom. The second-order valence-corrected chi connectivity index (χ2v) is 6.91. The van der Waals surface area contributed by atoms with Crippen LogP contribution in [-0.4, -0.2) is 18.8 Å². The predicted octanol–water partition coefficient (Wildman–Crippen LogP) is 3.77. The Hall–Kier alpha value is -1.75. The molecule has 2 rings (SSSR count). The number of methoxy groups -OCH3 is 1. The van der Waals surface area contributed by atoms with Crippen molar-refractivity contribution in [3.05, 3.63) is 23.8 Å². The molecule has 1 aliphatic rings. The van der Waals surface area contributed by atoms with Gasteiger partial charge < -0.3 is 15.2 Å². The molecule has 0 radical (unpaired) electrons. The third kappa shape index (κ3) is 3.91. The molecule has 0 unspecified atom stereocenters. The highest BCUT2D eigenvalue weighted by Crippen LogP contribution is 2.41. The van der Waals surface area contributed by atoms with Gasteiger partial charge in [0.15, 0.2) is 0 Å². The molecule has 5 heteroatoms. The van der Waals surface area contributed by atoms with Crippen LogP contribution >= 0.6 is 0 Å². The van der Waals surface area contributed by atoms with Crippen molar-refractivity contribution in [1.82, 2.24) is 0 Å². The first-order valence-corrected chi connectivity index (χ1v) is 7.71. The number of rotatable bonds is 3. The second kappa shape index (κ2) is 6.16. The van der Waals surface area contributed by atoms with Crippen LogP contribution in [0.25, 0.3) is 0 Å². The van der Waals surface area contributed by atoms with E-state index in [1.54, 1.807) is 13.2 Å². The van der Waals surface area contributed by atoms with Crippen LogP contribution in [0.3, 0.4) is 0 Å². The molecule has 3 N–H and O–H groups in total. The van der Waals surface area contributed by atoms with Gasteiger partial charge in [-0.2, -0.15) is 0 Å². The lowest BCUT2D eigenvalue weighted by atomic mass is 9.88. The van der Waals surface area contributed by atoms with E-state index in [0.29, 0.717) is 11.4 Å². The highest BCUT2D eigenvalue weighted by molar-refractivity contribution is 5.85. The summed E-state index contributed by atoms with van der Waals surface area (Å²) in [7, 11) is 1.62. The number of hydrogen-bond donors (Lipinski definition) is 2. The zero-order chi connectivity index (χ0) is 16.4. The Morgan fingerprint density at radius 2 is 1.91 bits per heavy atom. The maximum absolute atomic E-state index is 11.8. The molecule has 1 aromatic rings. The molecule has 1 fully saturated rings. The van der Waals surface area contributed by atoms with Crippen molar-refractivity contribution >= 4 is 11.8 Å². The van der Waals surface area contributed by atoms with Gasteiger partial charge in [0.2, 0.25) is 0 Å². The summed E-state index contributed by atoms with van der Waals surface area (Å²) < 4.78 is 10.7. The summed E-state index contributed by atoms with van der Waals surface area (Å²) >= 11 is 0. The predicted molar refractivity (Wildman–Crippen MR) is 87.2 cm³/mol. The minimum absolute atomic E-state index is 0.324. The standard InChI is InChI=1S/C17H26N2O3/c1-16(2,3)22-15(20)19-12-7-8-13(14(11-12)21-4)17(18)9-5-6-10-17/h7-8,11H,5-6,9-10,18H2,1-4H3,(H,19,20). The maximum Gasteiger partial charge on any atom is 0.412 e. The molecule has 0 bridgehead atoms. The molecule has 1 saturated carbocycles. The average Bonchev–Trinajstić information content (AvgIpc) is 2.84. The van der Waals surface area contributed by atoms with Crippen molar-refractivity contribution in [2.45, 2.75) is 57.6 Å². The second-order valence-electron chi connectivity index (χ2n) is 6.91. The van der Waals surface area contributed by atoms with E-state index in [1.165, 1.54) is 0 Å². The number of ether oxygens (including phenoxy) is 2. The SMILES string of the molecule is COc1cc(NC(=O)OC(C)(C)C)ccc1C1(N)CCCC1. The van der Waals surface area contributed by atoms with Gasteiger partial charge in [0.1, 0.15) is 11.4 Å². The fourth-order valence-electron chi connectivity index (χ4n) is 2.88. The van der Waals surface area contributed by atoms with Gasteiger partial charge in [-0.15, -0.1) is 0 Å². The minimum atomic E-state index is -0.528. The monoisotopic (exact) mass is 306 g/mol. The summed E-state index contributed by atoms with van der Waals surface area (Å²) in [4.78, 5) is 11.8. The molecule has 0 aromatic heterocycles. The molecule has 0 atom stereocenters. The average molecular weight is 306 g/mol. The van der Waals surface area contributed by atoms with E-state index in [2.05, 4.69) is 5.32 Å². The van der Waals surface area contributed by atoms with E-state index < -0.39 is 11.7 Å². The van der Waals surface area contributed by atoms with Gasteiger partial charge in [-0.05, 0) is 39.7 Å². The summed E-state index contributed by atoms with van der Waals surface area (Å²) in [5.74, 6) is 0.706. The number of hydrogen-bond acceptors (Lipinski definition) is 4. The molecule has 22 heavy (non-hydrogen) atoms. The first kappa shape index (κ1) is 16.6. The lowest BCUT2D eigenvalue weighted by molar-refractivity contribution is 0.0636. The van der Waals surface area contributed by atoms with Crippen molar-refractivity contribution in [2.75, 3.05) is 12.4 Å². The zero-order valence-electron chi connectivity index (χ0n) is 13.9. The van der Waals surface area contributed by atoms with Gasteiger partial charge >= 0.3 is 6.09 Å². The van der Waals surface area contributed by atoms with Crippen molar-refractivity contribution in [3.8, 4) is 5.75 Å². The van der Waals surface area contributed by atoms with Gasteiger partial charge in [0.05, 0.1) is 7.11 Å². The van der Waals surface area contributed by atoms with Crippen LogP contribution in [-0.2, 0) is 10.3 Å². The number of carbonyl (C=O) groups excluding carboxylic acids is 1. The Balaban J connectivity index is 2.17. The minimum Gasteiger partial charge on any atom is -0.496 e. The third-order valence-corrected chi connectivity index (χ3v) is 3.88. The fourth-order valence-corrected chi connectivity index (χ4v) is 2.88. The molecular weight excluding hydrogens is 280 g/mol. The molecule has 1 aliphatic carbocycles. The number of anilines is 1. The summed E-state index contributed by atoms with van der Waals surface area (Å²) in [6.07, 6.45) is 3.71. The Bertz CT molecular complexity index is 543. The van der Waals surface area contributed by atoms with E-state index in [-0.39, 0.29) is 5.54 Å². The normalized spacial score (nSPS) is 17.1. The van der Waals surface area contributed by atoms with Crippen LogP contribution in [0.4, 0.5) is 10.5 Å². The highest BCUT2D eigenvalue weighted by Gasteiger charge is 2.33. The zero-order valence-corrected chi connectivity index (χ0v) is 13.9. The molecule has 1 amide bonds. The summed E-state index contributed by atoms with van der Waals surface area (Å²) in [5, 5.41) is 2.72. The summed E-state index contributed by atoms with van der Waals surface area (Å²) in [6, 6.07) is 5.58. The fraction of sp³-hybridized carbons (Fsp3) is 0.588. The van der Waals surface area contributed by atoms with E-state index in [4.69, 9.17) is 15.2 Å². The molecule has 122 valence electrons. The van der Waals surface area contributed by atoms with Gasteiger partial charge in [0, 0.05) is 22.9 Å². The lowest BCUT2D eigenvalue weighted by Crippen LogP contribution is -2.33. The van der Waals surface area contributed by atoms with Crippen molar-refractivity contribution < 1.29 is 14.3 Å². The topological polar surface area (TPSA) is 73.6 Å². The van der Waals surface area contributed by atoms with Crippen LogP contribution in [0, 0.1) is 0 Å². The molecule has 5 nitrogen and oxygen atoms in total. The first-order valence-electron chi connectivity index (χ1n) is 7.71. The Kier molecular flexibility index (Phi) is 4.66. The first-order chi connectivity index (χ1) is 10.2. The van der Waals surface area contributed by atoms with E-state index in [0.717, 1.165) is 31.2 Å². The van der Waals surface area contributed by atoms with Crippen molar-refractivity contribution in [2.24, 2.45) is 5.73 Å². The number of benzene rings is 1. The Morgan fingerprint density at radius 3 is 2.45 bits per heavy atom. The van der Waals surface area contributed by atoms with Crippen molar-refractivity contribution in [1.29, 1.82) is 0 Å². The molecular formula is C17H26N2O3. The molecule has 0 aliphatic heterocycles. The summed E-state index contributed by atoms with van der Waals surface area (Å²) in [6.45, 7) is 5.48. The van der Waals surface area contributed by atoms with Crippen LogP contribution in [0.15, 0.2) is 18.2 Å². The highest BCUT2D eigenvalue weighted by atomic mass is 16.6. The molecule has 0 heterocycles. The number of carbonyl (C=O) groups is 1. The van der Waals surface area contributed by atoms with Crippen LogP contribution < -0.4 is 15.8 Å². The third-order valence-electron chi connectivity index (χ3n) is 3.88. The maximum atomic E-state index is 11.8. The Labute approximate surface area is 132 Å². The van der Waals surface area contributed by atoms with Crippen LogP contribution in [0.2, 0.25) is 0 Å². The van der Waals surface area contributed by atoms with Gasteiger partial charge in [0.25, 0.3) is 0 Å². The molecule has 0 spiro atoms. The molecule has 1 aromatic carbocycles. The van der Waals surface area contributed by atoms with E-state index >= 15 is 0 Å². The van der Waals surface area contributed by atoms with Crippen LogP contribution in [0.1, 0.15) is 52.0 Å². The largest absolute Gasteiger partial charge is 0.496 e. The van der Waals surface area contributed by atoms with Gasteiger partial charge in [-0.1, -0.05) is 18.9 Å². The van der Waals surface area contributed by atoms with E-state index in [1.807, 2.05) is 32.9 Å². The summed E-state index contributed by atoms with van der Waals surface area (Å²) in [5.41, 5.74) is 7.28. The smallest absolute Gasteiger partial charge is 0.412 e. The molecule has 0 saturated heterocycles. The quantitative estimate of drug-likeness (QED) is 0.891. The van der Waals surface area contributed by atoms with Gasteiger partial charge in [-0.25, -0.2) is 4.79 Å². The van der Waals surface area contributed by atoms with E-state index in [9.17, 15) is 4.79 Å². The van der Waals surface area contributed by atoms with Gasteiger partial charge in [-0.3, -0.25) is 5.32 Å². The number of amides is 1. The number of nitrogens with one attached hydrogen (secondary N) is 1. The lowest BCUT2D eigenvalue weighted by Gasteiger charge is -2.26.